The van der Waals surface area contributed by atoms with E-state index in [1.165, 1.54) is 17.0 Å². The summed E-state index contributed by atoms with van der Waals surface area (Å²) in [6.45, 7) is 21.1. The molecule has 0 bridgehead atoms. The molecule has 0 aliphatic carbocycles. The highest BCUT2D eigenvalue weighted by Crippen LogP contribution is 2.47. The maximum absolute atomic E-state index is 13.6. The lowest BCUT2D eigenvalue weighted by atomic mass is 10.1. The Morgan fingerprint density at radius 1 is 0.868 bits per heavy atom. The van der Waals surface area contributed by atoms with Crippen molar-refractivity contribution >= 4 is 31.4 Å². The van der Waals surface area contributed by atoms with Crippen LogP contribution in [0, 0.1) is 0 Å². The number of nitrogens with one attached hydrogen (secondary N) is 1. The van der Waals surface area contributed by atoms with E-state index in [1.54, 1.807) is 17.0 Å². The minimum Gasteiger partial charge on any atom is -0.413 e. The fourth-order valence-electron chi connectivity index (χ4n) is 9.09. The van der Waals surface area contributed by atoms with Gasteiger partial charge in [0.25, 0.3) is 5.56 Å². The van der Waals surface area contributed by atoms with E-state index in [4.69, 9.17) is 38.6 Å². The summed E-state index contributed by atoms with van der Waals surface area (Å²) in [7, 11) is -2.24. The molecule has 0 radical (unpaired) electrons. The molecule has 0 amide bonds. The number of anilines is 1. The Balaban J connectivity index is 1.15. The number of aromatic nitrogens is 6. The molecule has 3 N–H and O–H groups in total. The number of ether oxygens (including phenoxy) is 6. The Labute approximate surface area is 309 Å². The van der Waals surface area contributed by atoms with Crippen molar-refractivity contribution in [2.45, 2.75) is 153 Å². The number of hydrogen-bond acceptors (Lipinski definition) is 13. The summed E-state index contributed by atoms with van der Waals surface area (Å²) in [5.41, 5.74) is 7.34. The first-order valence-corrected chi connectivity index (χ1v) is 20.7. The maximum Gasteiger partial charge on any atom is 0.331 e. The molecule has 0 unspecified atom stereocenters. The number of hydrogen-bond donors (Lipinski definition) is 2. The second-order valence-corrected chi connectivity index (χ2v) is 21.8. The van der Waals surface area contributed by atoms with Gasteiger partial charge in [-0.3, -0.25) is 18.9 Å². The van der Waals surface area contributed by atoms with Gasteiger partial charge in [-0.2, -0.15) is 0 Å². The third-order valence-electron chi connectivity index (χ3n) is 11.0. The van der Waals surface area contributed by atoms with Gasteiger partial charge < -0.3 is 38.6 Å². The Bertz CT molecular complexity index is 1950. The van der Waals surface area contributed by atoms with E-state index in [1.807, 2.05) is 33.8 Å². The van der Waals surface area contributed by atoms with Crippen LogP contribution in [-0.2, 0) is 32.8 Å². The molecular formula is C36H53N7O9Si. The van der Waals surface area contributed by atoms with Crippen molar-refractivity contribution in [3.63, 3.8) is 0 Å². The first-order valence-electron chi connectivity index (χ1n) is 18.5. The second kappa shape index (κ2) is 13.8. The van der Waals surface area contributed by atoms with E-state index in [9.17, 15) is 9.59 Å². The third-order valence-corrected chi connectivity index (χ3v) is 17.1. The van der Waals surface area contributed by atoms with Gasteiger partial charge in [-0.05, 0) is 56.8 Å². The number of nitrogens with two attached hydrogens (primary N) is 1. The molecule has 3 aromatic rings. The largest absolute Gasteiger partial charge is 0.413 e. The number of rotatable bonds is 11. The van der Waals surface area contributed by atoms with Crippen molar-refractivity contribution in [1.29, 1.82) is 0 Å². The molecule has 17 heteroatoms. The van der Waals surface area contributed by atoms with Crippen LogP contribution in [0.4, 0.5) is 5.82 Å². The summed E-state index contributed by atoms with van der Waals surface area (Å²) in [5, 5.41) is 0. The number of aromatic amines is 1. The summed E-state index contributed by atoms with van der Waals surface area (Å²) >= 11 is 0. The standard InChI is InChI=1S/C36H53N7O9Si/c1-18(2)53(19(3)4,20(5)6)46-15-23-27-29(52-36(9,10)50-27)33(48-23)43-21(14-24(44)41-34(43)45)12-11-13-22-26-28(51-35(7,8)49-26)32(47-22)42-17-40-25-30(37)38-16-39-31(25)42/h11-12,14,16-20,22-23,26-29,32-33H,13,15H2,1-10H3,(H2,37,38,39)(H,41,44,45)/b12-11+/t22-,23-,26-,27-,28-,29-,32-,33-/m1/s1. The van der Waals surface area contributed by atoms with E-state index in [0.717, 1.165) is 0 Å². The first-order chi connectivity index (χ1) is 24.9. The molecule has 0 aromatic carbocycles. The van der Waals surface area contributed by atoms with Crippen molar-refractivity contribution < 1.29 is 32.8 Å². The average Bonchev–Trinajstić information content (AvgIpc) is 3.84. The zero-order valence-corrected chi connectivity index (χ0v) is 33.1. The zero-order chi connectivity index (χ0) is 38.2. The second-order valence-electron chi connectivity index (χ2n) is 16.3. The van der Waals surface area contributed by atoms with Crippen molar-refractivity contribution in [3.8, 4) is 0 Å². The minimum atomic E-state index is -2.24. The number of H-pyrrole nitrogens is 1. The van der Waals surface area contributed by atoms with Crippen LogP contribution >= 0.6 is 0 Å². The molecule has 53 heavy (non-hydrogen) atoms. The summed E-state index contributed by atoms with van der Waals surface area (Å²) < 4.78 is 48.7. The molecular weight excluding hydrogens is 703 g/mol. The van der Waals surface area contributed by atoms with E-state index < -0.39 is 80.2 Å². The molecule has 0 spiro atoms. The van der Waals surface area contributed by atoms with Gasteiger partial charge in [0.05, 0.1) is 24.7 Å². The van der Waals surface area contributed by atoms with Crippen molar-refractivity contribution in [2.24, 2.45) is 0 Å². The van der Waals surface area contributed by atoms with Crippen LogP contribution in [0.5, 0.6) is 0 Å². The molecule has 7 heterocycles. The average molecular weight is 756 g/mol. The molecule has 16 nitrogen and oxygen atoms in total. The first kappa shape index (κ1) is 38.0. The van der Waals surface area contributed by atoms with Gasteiger partial charge in [0.1, 0.15) is 42.4 Å². The van der Waals surface area contributed by atoms with Gasteiger partial charge in [0, 0.05) is 6.07 Å². The van der Waals surface area contributed by atoms with Crippen molar-refractivity contribution in [2.75, 3.05) is 12.3 Å². The topological polar surface area (TPSA) is 189 Å². The Morgan fingerprint density at radius 3 is 2.09 bits per heavy atom. The predicted molar refractivity (Wildman–Crippen MR) is 197 cm³/mol. The van der Waals surface area contributed by atoms with Crippen LogP contribution in [0.3, 0.4) is 0 Å². The number of nitrogen functional groups attached to an aromatic ring is 1. The molecule has 290 valence electrons. The van der Waals surface area contributed by atoms with Gasteiger partial charge in [0.15, 0.2) is 43.8 Å². The Hall–Kier alpha value is -3.29. The number of fused-ring (bicyclic) bond motifs is 3. The molecule has 4 aliphatic heterocycles. The Morgan fingerprint density at radius 2 is 1.45 bits per heavy atom. The van der Waals surface area contributed by atoms with Gasteiger partial charge in [0.2, 0.25) is 0 Å². The van der Waals surface area contributed by atoms with Crippen LogP contribution in [-0.4, -0.2) is 92.2 Å². The fourth-order valence-corrected chi connectivity index (χ4v) is 14.5. The quantitative estimate of drug-likeness (QED) is 0.263. The Kier molecular flexibility index (Phi) is 9.88. The van der Waals surface area contributed by atoms with E-state index in [-0.39, 0.29) is 5.82 Å². The number of nitrogens with zero attached hydrogens (tertiary/aromatic N) is 5. The van der Waals surface area contributed by atoms with Crippen LogP contribution in [0.1, 0.15) is 93.8 Å². The summed E-state index contributed by atoms with van der Waals surface area (Å²) in [6.07, 6.45) is 2.47. The van der Waals surface area contributed by atoms with E-state index in [0.29, 0.717) is 46.5 Å². The monoisotopic (exact) mass is 755 g/mol. The summed E-state index contributed by atoms with van der Waals surface area (Å²) in [4.78, 5) is 41.6. The highest BCUT2D eigenvalue weighted by atomic mass is 28.4. The summed E-state index contributed by atoms with van der Waals surface area (Å²) in [5.74, 6) is -1.50. The predicted octanol–water partition coefficient (Wildman–Crippen LogP) is 4.39. The van der Waals surface area contributed by atoms with Crippen LogP contribution in [0.15, 0.2) is 34.4 Å². The lowest BCUT2D eigenvalue weighted by Gasteiger charge is -2.43. The van der Waals surface area contributed by atoms with E-state index >= 15 is 0 Å². The van der Waals surface area contributed by atoms with Crippen LogP contribution in [0.25, 0.3) is 17.2 Å². The fraction of sp³-hybridized carbons (Fsp3) is 0.694. The molecule has 4 fully saturated rings. The van der Waals surface area contributed by atoms with Crippen LogP contribution < -0.4 is 17.0 Å². The summed E-state index contributed by atoms with van der Waals surface area (Å²) in [6, 6.07) is 1.37. The van der Waals surface area contributed by atoms with Crippen LogP contribution in [0.2, 0.25) is 16.6 Å². The molecule has 8 atom stereocenters. The third kappa shape index (κ3) is 6.72. The molecule has 4 aliphatic rings. The van der Waals surface area contributed by atoms with Crippen molar-refractivity contribution in [1.82, 2.24) is 29.1 Å². The lowest BCUT2D eigenvalue weighted by Crippen LogP contribution is -2.50. The number of imidazole rings is 1. The maximum atomic E-state index is 13.6. The normalized spacial score (nSPS) is 30.8. The van der Waals surface area contributed by atoms with Crippen molar-refractivity contribution in [3.05, 3.63) is 51.3 Å². The zero-order valence-electron chi connectivity index (χ0n) is 32.1. The van der Waals surface area contributed by atoms with Gasteiger partial charge in [-0.1, -0.05) is 47.6 Å². The molecule has 0 saturated carbocycles. The van der Waals surface area contributed by atoms with Gasteiger partial charge in [-0.15, -0.1) is 0 Å². The lowest BCUT2D eigenvalue weighted by molar-refractivity contribution is -0.200. The minimum absolute atomic E-state index is 0.266. The van der Waals surface area contributed by atoms with Gasteiger partial charge >= 0.3 is 5.69 Å². The molecule has 4 saturated heterocycles. The van der Waals surface area contributed by atoms with E-state index in [2.05, 4.69) is 61.5 Å². The highest BCUT2D eigenvalue weighted by molar-refractivity contribution is 6.77. The highest BCUT2D eigenvalue weighted by Gasteiger charge is 2.58. The smallest absolute Gasteiger partial charge is 0.331 e. The molecule has 3 aromatic heterocycles. The van der Waals surface area contributed by atoms with Gasteiger partial charge in [-0.25, -0.2) is 19.7 Å². The molecule has 7 rings (SSSR count). The SMILES string of the molecule is CC(C)[Si](OC[C@H]1O[C@@H](n2c(/C=C/C[C@H]3O[C@@H](n4cnc5c(N)ncnc54)[C@@H]4OC(C)(C)O[C@@H]43)cc(=O)[nH]c2=O)[C@@H]2OC(C)(C)O[C@@H]21)(C(C)C)C(C)C.